The Labute approximate surface area is 144 Å². The first-order chi connectivity index (χ1) is 12.0. The molecule has 0 saturated heterocycles. The zero-order valence-corrected chi connectivity index (χ0v) is 13.7. The quantitative estimate of drug-likeness (QED) is 0.791. The van der Waals surface area contributed by atoms with Gasteiger partial charge >= 0.3 is 0 Å². The molecule has 0 unspecified atom stereocenters. The highest BCUT2D eigenvalue weighted by Gasteiger charge is 2.11. The summed E-state index contributed by atoms with van der Waals surface area (Å²) in [6.45, 7) is 2.33. The van der Waals surface area contributed by atoms with Gasteiger partial charge in [0.05, 0.1) is 17.8 Å². The minimum absolute atomic E-state index is 0.101. The summed E-state index contributed by atoms with van der Waals surface area (Å²) in [5.41, 5.74) is 2.25. The zero-order valence-electron chi connectivity index (χ0n) is 13.7. The second-order valence-electron chi connectivity index (χ2n) is 5.74. The highest BCUT2D eigenvalue weighted by Crippen LogP contribution is 2.14. The molecule has 1 amide bonds. The smallest absolute Gasteiger partial charge is 0.257 e. The Balaban J connectivity index is 1.86. The number of halogens is 1. The standard InChI is InChI=1S/C20H17FN2O2/c1-14-6-2-3-7-15(14)12-23-13-16(10-11-19(23)24)20(25)22-18-9-5-4-8-17(18)21/h2-11,13H,12H2,1H3,(H,22,25). The number of aryl methyl sites for hydroxylation is 1. The molecule has 0 aliphatic heterocycles. The summed E-state index contributed by atoms with van der Waals surface area (Å²) in [7, 11) is 0. The van der Waals surface area contributed by atoms with Crippen molar-refractivity contribution in [1.82, 2.24) is 4.57 Å². The summed E-state index contributed by atoms with van der Waals surface area (Å²) in [4.78, 5) is 24.4. The van der Waals surface area contributed by atoms with Gasteiger partial charge in [-0.25, -0.2) is 4.39 Å². The van der Waals surface area contributed by atoms with E-state index in [4.69, 9.17) is 0 Å². The Morgan fingerprint density at radius 1 is 1.04 bits per heavy atom. The molecule has 0 aliphatic carbocycles. The third-order valence-corrected chi connectivity index (χ3v) is 3.97. The van der Waals surface area contributed by atoms with Gasteiger partial charge in [-0.05, 0) is 36.2 Å². The van der Waals surface area contributed by atoms with Crippen LogP contribution < -0.4 is 10.9 Å². The molecule has 0 spiro atoms. The van der Waals surface area contributed by atoms with Gasteiger partial charge < -0.3 is 9.88 Å². The lowest BCUT2D eigenvalue weighted by atomic mass is 10.1. The molecule has 1 aromatic heterocycles. The van der Waals surface area contributed by atoms with Gasteiger partial charge in [-0.2, -0.15) is 0 Å². The summed E-state index contributed by atoms with van der Waals surface area (Å²) in [6.07, 6.45) is 1.49. The molecule has 126 valence electrons. The number of hydrogen-bond acceptors (Lipinski definition) is 2. The number of amides is 1. The number of pyridine rings is 1. The van der Waals surface area contributed by atoms with Crippen molar-refractivity contribution in [2.24, 2.45) is 0 Å². The fraction of sp³-hybridized carbons (Fsp3) is 0.100. The molecular weight excluding hydrogens is 319 g/mol. The van der Waals surface area contributed by atoms with Gasteiger partial charge in [0.1, 0.15) is 5.82 Å². The van der Waals surface area contributed by atoms with E-state index in [9.17, 15) is 14.0 Å². The lowest BCUT2D eigenvalue weighted by molar-refractivity contribution is 0.102. The van der Waals surface area contributed by atoms with Crippen molar-refractivity contribution < 1.29 is 9.18 Å². The number of rotatable bonds is 4. The predicted molar refractivity (Wildman–Crippen MR) is 95.3 cm³/mol. The van der Waals surface area contributed by atoms with Crippen molar-refractivity contribution >= 4 is 11.6 Å². The van der Waals surface area contributed by atoms with Gasteiger partial charge in [0.25, 0.3) is 11.5 Å². The first-order valence-corrected chi connectivity index (χ1v) is 7.85. The van der Waals surface area contributed by atoms with Gasteiger partial charge in [-0.1, -0.05) is 36.4 Å². The number of nitrogens with zero attached hydrogens (tertiary/aromatic N) is 1. The maximum absolute atomic E-state index is 13.7. The van der Waals surface area contributed by atoms with Gasteiger partial charge in [0, 0.05) is 12.3 Å². The Morgan fingerprint density at radius 3 is 2.52 bits per heavy atom. The first kappa shape index (κ1) is 16.6. The number of anilines is 1. The van der Waals surface area contributed by atoms with Crippen molar-refractivity contribution in [3.63, 3.8) is 0 Å². The molecule has 3 aromatic rings. The molecule has 4 nitrogen and oxygen atoms in total. The van der Waals surface area contributed by atoms with Crippen molar-refractivity contribution in [3.8, 4) is 0 Å². The molecule has 0 saturated carbocycles. The van der Waals surface area contributed by atoms with E-state index in [-0.39, 0.29) is 16.8 Å². The number of carbonyl (C=O) groups excluding carboxylic acids is 1. The lowest BCUT2D eigenvalue weighted by Gasteiger charge is -2.11. The van der Waals surface area contributed by atoms with Crippen LogP contribution in [0, 0.1) is 12.7 Å². The molecule has 0 bridgehead atoms. The largest absolute Gasteiger partial charge is 0.319 e. The van der Waals surface area contributed by atoms with Crippen LogP contribution in [0.2, 0.25) is 0 Å². The number of hydrogen-bond donors (Lipinski definition) is 1. The van der Waals surface area contributed by atoms with Crippen LogP contribution in [0.5, 0.6) is 0 Å². The van der Waals surface area contributed by atoms with E-state index >= 15 is 0 Å². The van der Waals surface area contributed by atoms with E-state index in [0.717, 1.165) is 11.1 Å². The van der Waals surface area contributed by atoms with Crippen LogP contribution in [0.25, 0.3) is 0 Å². The summed E-state index contributed by atoms with van der Waals surface area (Å²) in [5.74, 6) is -0.979. The van der Waals surface area contributed by atoms with Crippen LogP contribution in [-0.2, 0) is 6.54 Å². The Kier molecular flexibility index (Phi) is 4.75. The summed E-state index contributed by atoms with van der Waals surface area (Å²) < 4.78 is 15.1. The molecule has 3 rings (SSSR count). The summed E-state index contributed by atoms with van der Waals surface area (Å²) >= 11 is 0. The average Bonchev–Trinajstić information content (AvgIpc) is 2.60. The van der Waals surface area contributed by atoms with Crippen molar-refractivity contribution in [2.75, 3.05) is 5.32 Å². The fourth-order valence-electron chi connectivity index (χ4n) is 2.52. The minimum Gasteiger partial charge on any atom is -0.319 e. The van der Waals surface area contributed by atoms with Crippen LogP contribution in [0.4, 0.5) is 10.1 Å². The van der Waals surface area contributed by atoms with Crippen molar-refractivity contribution in [2.45, 2.75) is 13.5 Å². The van der Waals surface area contributed by atoms with Crippen molar-refractivity contribution in [1.29, 1.82) is 0 Å². The first-order valence-electron chi connectivity index (χ1n) is 7.85. The molecule has 0 fully saturated rings. The number of para-hydroxylation sites is 1. The van der Waals surface area contributed by atoms with E-state index in [0.29, 0.717) is 6.54 Å². The summed E-state index contributed by atoms with van der Waals surface area (Å²) in [5, 5.41) is 2.52. The van der Waals surface area contributed by atoms with E-state index < -0.39 is 11.7 Å². The monoisotopic (exact) mass is 336 g/mol. The zero-order chi connectivity index (χ0) is 17.8. The maximum atomic E-state index is 13.7. The topological polar surface area (TPSA) is 51.1 Å². The highest BCUT2D eigenvalue weighted by molar-refractivity contribution is 6.04. The van der Waals surface area contributed by atoms with Gasteiger partial charge in [0.2, 0.25) is 0 Å². The number of benzene rings is 2. The van der Waals surface area contributed by atoms with Crippen LogP contribution in [0.1, 0.15) is 21.5 Å². The Hall–Kier alpha value is -3.21. The minimum atomic E-state index is -0.510. The average molecular weight is 336 g/mol. The maximum Gasteiger partial charge on any atom is 0.257 e. The van der Waals surface area contributed by atoms with Gasteiger partial charge in [-0.3, -0.25) is 9.59 Å². The van der Waals surface area contributed by atoms with Crippen LogP contribution in [0.3, 0.4) is 0 Å². The number of aromatic nitrogens is 1. The predicted octanol–water partition coefficient (Wildman–Crippen LogP) is 3.60. The number of nitrogens with one attached hydrogen (secondary N) is 1. The molecule has 1 heterocycles. The lowest BCUT2D eigenvalue weighted by Crippen LogP contribution is -2.23. The van der Waals surface area contributed by atoms with E-state index in [1.165, 1.54) is 35.0 Å². The summed E-state index contributed by atoms with van der Waals surface area (Å²) in [6, 6.07) is 16.5. The van der Waals surface area contributed by atoms with Gasteiger partial charge in [-0.15, -0.1) is 0 Å². The molecule has 0 radical (unpaired) electrons. The molecule has 5 heteroatoms. The molecule has 0 atom stereocenters. The second kappa shape index (κ2) is 7.13. The third kappa shape index (κ3) is 3.83. The van der Waals surface area contributed by atoms with Crippen LogP contribution in [-0.4, -0.2) is 10.5 Å². The van der Waals surface area contributed by atoms with E-state index in [1.807, 2.05) is 31.2 Å². The Bertz CT molecular complexity index is 979. The third-order valence-electron chi connectivity index (χ3n) is 3.97. The molecule has 0 aliphatic rings. The SMILES string of the molecule is Cc1ccccc1Cn1cc(C(=O)Nc2ccccc2F)ccc1=O. The van der Waals surface area contributed by atoms with Crippen LogP contribution in [0.15, 0.2) is 71.7 Å². The normalized spacial score (nSPS) is 10.5. The van der Waals surface area contributed by atoms with Crippen molar-refractivity contribution in [3.05, 3.63) is 99.7 Å². The second-order valence-corrected chi connectivity index (χ2v) is 5.74. The van der Waals surface area contributed by atoms with Crippen LogP contribution >= 0.6 is 0 Å². The number of carbonyl (C=O) groups is 1. The Morgan fingerprint density at radius 2 is 1.76 bits per heavy atom. The highest BCUT2D eigenvalue weighted by atomic mass is 19.1. The van der Waals surface area contributed by atoms with Gasteiger partial charge in [0.15, 0.2) is 0 Å². The fourth-order valence-corrected chi connectivity index (χ4v) is 2.52. The van der Waals surface area contributed by atoms with E-state index in [2.05, 4.69) is 5.32 Å². The molecular formula is C20H17FN2O2. The molecule has 1 N–H and O–H groups in total. The molecule has 25 heavy (non-hydrogen) atoms. The molecule has 2 aromatic carbocycles. The van der Waals surface area contributed by atoms with E-state index in [1.54, 1.807) is 12.1 Å².